The van der Waals surface area contributed by atoms with Crippen LogP contribution in [-0.4, -0.2) is 11.6 Å². The zero-order valence-electron chi connectivity index (χ0n) is 11.1. The number of halogens is 1. The molecule has 4 rings (SSSR count). The van der Waals surface area contributed by atoms with Gasteiger partial charge in [0, 0.05) is 10.6 Å². The summed E-state index contributed by atoms with van der Waals surface area (Å²) in [7, 11) is 0. The Morgan fingerprint density at radius 3 is 2.86 bits per heavy atom. The van der Waals surface area contributed by atoms with Gasteiger partial charge in [0.05, 0.1) is 23.0 Å². The van der Waals surface area contributed by atoms with Crippen molar-refractivity contribution in [2.45, 2.75) is 6.04 Å². The highest BCUT2D eigenvalue weighted by molar-refractivity contribution is 6.55. The maximum absolute atomic E-state index is 12.6. The summed E-state index contributed by atoms with van der Waals surface area (Å²) in [6, 6.07) is 13.1. The van der Waals surface area contributed by atoms with Crippen LogP contribution in [0, 0.1) is 0 Å². The van der Waals surface area contributed by atoms with E-state index in [1.54, 1.807) is 12.1 Å². The van der Waals surface area contributed by atoms with Crippen LogP contribution in [0.25, 0.3) is 0 Å². The van der Waals surface area contributed by atoms with E-state index in [0.29, 0.717) is 16.4 Å². The number of ketones is 1. The number of carbonyl (C=O) groups excluding carboxylic acids is 1. The fourth-order valence-corrected chi connectivity index (χ4v) is 3.13. The number of aliphatic imine (C=N–C) groups is 1. The average molecular weight is 295 g/mol. The van der Waals surface area contributed by atoms with Crippen LogP contribution in [0.15, 0.2) is 60.1 Å². The van der Waals surface area contributed by atoms with Gasteiger partial charge in [0.2, 0.25) is 5.78 Å². The van der Waals surface area contributed by atoms with Crippen LogP contribution >= 0.6 is 11.6 Å². The van der Waals surface area contributed by atoms with Gasteiger partial charge in [-0.15, -0.1) is 6.58 Å². The third-order valence-electron chi connectivity index (χ3n) is 3.88. The first-order valence-corrected chi connectivity index (χ1v) is 7.02. The summed E-state index contributed by atoms with van der Waals surface area (Å²) in [6.07, 6.45) is 1.84. The molecule has 102 valence electrons. The molecule has 2 heterocycles. The number of hydrogen-bond donors (Lipinski definition) is 0. The molecule has 0 aliphatic carbocycles. The standard InChI is InChI=1S/C17H11ClN2O/c1-2-14-11-5-3-4-6-13(11)19-17-16(21)12-9-10(18)7-8-15(12)20(14)17/h2-9,14H,1H2/t14-/m0/s1. The van der Waals surface area contributed by atoms with E-state index in [1.165, 1.54) is 0 Å². The SMILES string of the molecule is C=C[C@H]1c2ccccc2N=C2C(=O)c3cc(Cl)ccc3N21. The number of amidine groups is 1. The number of rotatable bonds is 1. The summed E-state index contributed by atoms with van der Waals surface area (Å²) >= 11 is 6.01. The molecule has 1 atom stereocenters. The molecular formula is C17H11ClN2O. The number of nitrogens with zero attached hydrogens (tertiary/aromatic N) is 2. The molecule has 0 unspecified atom stereocenters. The topological polar surface area (TPSA) is 32.7 Å². The monoisotopic (exact) mass is 294 g/mol. The van der Waals surface area contributed by atoms with Gasteiger partial charge in [-0.2, -0.15) is 0 Å². The van der Waals surface area contributed by atoms with Gasteiger partial charge in [0.1, 0.15) is 0 Å². The molecule has 0 bridgehead atoms. The van der Waals surface area contributed by atoms with Gasteiger partial charge in [-0.05, 0) is 24.3 Å². The van der Waals surface area contributed by atoms with Gasteiger partial charge in [0.15, 0.2) is 5.84 Å². The Kier molecular flexibility index (Phi) is 2.53. The van der Waals surface area contributed by atoms with Crippen LogP contribution in [-0.2, 0) is 0 Å². The van der Waals surface area contributed by atoms with E-state index in [4.69, 9.17) is 11.6 Å². The van der Waals surface area contributed by atoms with Crippen molar-refractivity contribution in [3.8, 4) is 0 Å². The maximum atomic E-state index is 12.6. The van der Waals surface area contributed by atoms with Crippen molar-refractivity contribution >= 4 is 34.6 Å². The van der Waals surface area contributed by atoms with Crippen LogP contribution in [0.4, 0.5) is 11.4 Å². The van der Waals surface area contributed by atoms with Gasteiger partial charge >= 0.3 is 0 Å². The van der Waals surface area contributed by atoms with Crippen molar-refractivity contribution in [1.29, 1.82) is 0 Å². The first kappa shape index (κ1) is 12.4. The number of Topliss-reactive ketones (excluding diaryl/α,β-unsaturated/α-hetero) is 1. The molecule has 21 heavy (non-hydrogen) atoms. The molecule has 0 saturated carbocycles. The number of fused-ring (bicyclic) bond motifs is 4. The average Bonchev–Trinajstić information content (AvgIpc) is 2.78. The Morgan fingerprint density at radius 2 is 2.05 bits per heavy atom. The second-order valence-corrected chi connectivity index (χ2v) is 5.47. The molecule has 0 radical (unpaired) electrons. The van der Waals surface area contributed by atoms with E-state index in [0.717, 1.165) is 16.9 Å². The zero-order chi connectivity index (χ0) is 14.6. The van der Waals surface area contributed by atoms with Crippen LogP contribution < -0.4 is 4.90 Å². The molecule has 0 N–H and O–H groups in total. The van der Waals surface area contributed by atoms with Crippen molar-refractivity contribution in [3.05, 3.63) is 71.3 Å². The van der Waals surface area contributed by atoms with Gasteiger partial charge in [-0.1, -0.05) is 35.9 Å². The van der Waals surface area contributed by atoms with E-state index < -0.39 is 0 Å². The molecule has 0 spiro atoms. The lowest BCUT2D eigenvalue weighted by Gasteiger charge is -2.32. The van der Waals surface area contributed by atoms with Gasteiger partial charge in [-0.3, -0.25) is 4.79 Å². The van der Waals surface area contributed by atoms with Crippen molar-refractivity contribution in [3.63, 3.8) is 0 Å². The predicted octanol–water partition coefficient (Wildman–Crippen LogP) is 4.31. The van der Waals surface area contributed by atoms with Crippen LogP contribution in [0.2, 0.25) is 5.02 Å². The van der Waals surface area contributed by atoms with Crippen molar-refractivity contribution in [2.24, 2.45) is 4.99 Å². The van der Waals surface area contributed by atoms with E-state index in [2.05, 4.69) is 11.6 Å². The normalized spacial score (nSPS) is 18.7. The largest absolute Gasteiger partial charge is 0.311 e. The van der Waals surface area contributed by atoms with E-state index >= 15 is 0 Å². The Hall–Kier alpha value is -2.39. The Balaban J connectivity index is 2.00. The summed E-state index contributed by atoms with van der Waals surface area (Å²) in [6.45, 7) is 3.93. The highest BCUT2D eigenvalue weighted by atomic mass is 35.5. The first-order valence-electron chi connectivity index (χ1n) is 6.64. The molecule has 2 aromatic carbocycles. The number of anilines is 1. The minimum atomic E-state index is -0.0972. The minimum Gasteiger partial charge on any atom is -0.311 e. The number of benzene rings is 2. The van der Waals surface area contributed by atoms with E-state index in [1.807, 2.05) is 41.3 Å². The Bertz CT molecular complexity index is 825. The lowest BCUT2D eigenvalue weighted by atomic mass is 10.0. The summed E-state index contributed by atoms with van der Waals surface area (Å²) in [4.78, 5) is 19.1. The van der Waals surface area contributed by atoms with Crippen LogP contribution in [0.5, 0.6) is 0 Å². The number of hydrogen-bond acceptors (Lipinski definition) is 3. The third-order valence-corrected chi connectivity index (χ3v) is 4.11. The third kappa shape index (κ3) is 1.61. The molecule has 0 aromatic heterocycles. The Morgan fingerprint density at radius 1 is 1.24 bits per heavy atom. The van der Waals surface area contributed by atoms with Crippen LogP contribution in [0.1, 0.15) is 22.0 Å². The fourth-order valence-electron chi connectivity index (χ4n) is 2.96. The fraction of sp³-hybridized carbons (Fsp3) is 0.0588. The molecule has 0 saturated heterocycles. The zero-order valence-corrected chi connectivity index (χ0v) is 11.8. The molecular weight excluding hydrogens is 284 g/mol. The van der Waals surface area contributed by atoms with Crippen molar-refractivity contribution < 1.29 is 4.79 Å². The summed E-state index contributed by atoms with van der Waals surface area (Å²) < 4.78 is 0. The summed E-state index contributed by atoms with van der Waals surface area (Å²) in [5.41, 5.74) is 3.30. The lowest BCUT2D eigenvalue weighted by Crippen LogP contribution is -2.35. The summed E-state index contributed by atoms with van der Waals surface area (Å²) in [5, 5.41) is 0.551. The predicted molar refractivity (Wildman–Crippen MR) is 84.7 cm³/mol. The van der Waals surface area contributed by atoms with Crippen molar-refractivity contribution in [1.82, 2.24) is 0 Å². The molecule has 0 fully saturated rings. The quantitative estimate of drug-likeness (QED) is 0.734. The second kappa shape index (κ2) is 4.30. The Labute approximate surface area is 127 Å². The molecule has 2 aliphatic rings. The van der Waals surface area contributed by atoms with Gasteiger partial charge in [0.25, 0.3) is 0 Å². The minimum absolute atomic E-state index is 0.0890. The van der Waals surface area contributed by atoms with Gasteiger partial charge in [-0.25, -0.2) is 4.99 Å². The molecule has 4 heteroatoms. The first-order chi connectivity index (χ1) is 10.2. The highest BCUT2D eigenvalue weighted by Gasteiger charge is 2.40. The molecule has 2 aliphatic heterocycles. The molecule has 0 amide bonds. The smallest absolute Gasteiger partial charge is 0.230 e. The summed E-state index contributed by atoms with van der Waals surface area (Å²) in [5.74, 6) is 0.352. The molecule has 2 aromatic rings. The van der Waals surface area contributed by atoms with Gasteiger partial charge < -0.3 is 4.90 Å². The number of para-hydroxylation sites is 1. The van der Waals surface area contributed by atoms with Crippen molar-refractivity contribution in [2.75, 3.05) is 4.90 Å². The molecule has 3 nitrogen and oxygen atoms in total. The highest BCUT2D eigenvalue weighted by Crippen LogP contribution is 2.44. The second-order valence-electron chi connectivity index (χ2n) is 5.04. The number of carbonyl (C=O) groups is 1. The van der Waals surface area contributed by atoms with E-state index in [9.17, 15) is 4.79 Å². The lowest BCUT2D eigenvalue weighted by molar-refractivity contribution is 0.106. The maximum Gasteiger partial charge on any atom is 0.230 e. The van der Waals surface area contributed by atoms with E-state index in [-0.39, 0.29) is 11.8 Å². The van der Waals surface area contributed by atoms with Crippen LogP contribution in [0.3, 0.4) is 0 Å².